The van der Waals surface area contributed by atoms with Crippen LogP contribution in [0.3, 0.4) is 0 Å². The van der Waals surface area contributed by atoms with Gasteiger partial charge in [-0.1, -0.05) is 60.7 Å². The summed E-state index contributed by atoms with van der Waals surface area (Å²) in [6, 6.07) is 12.2. The van der Waals surface area contributed by atoms with E-state index in [2.05, 4.69) is 12.2 Å². The summed E-state index contributed by atoms with van der Waals surface area (Å²) in [5, 5.41) is 0. The molecule has 2 aromatic carbocycles. The molecule has 1 fully saturated rings. The van der Waals surface area contributed by atoms with Gasteiger partial charge < -0.3 is 4.74 Å². The molecule has 0 spiro atoms. The molecule has 4 rings (SSSR count). The van der Waals surface area contributed by atoms with Crippen LogP contribution in [0, 0.1) is 11.7 Å². The minimum absolute atomic E-state index is 0.0706. The molecule has 1 aliphatic carbocycles. The van der Waals surface area contributed by atoms with E-state index in [1.54, 1.807) is 55.5 Å². The van der Waals surface area contributed by atoms with Gasteiger partial charge in [0, 0.05) is 5.56 Å². The molecule has 0 amide bonds. The second kappa shape index (κ2) is 10.6. The van der Waals surface area contributed by atoms with Crippen molar-refractivity contribution < 1.29 is 17.9 Å². The predicted molar refractivity (Wildman–Crippen MR) is 129 cm³/mol. The van der Waals surface area contributed by atoms with Crippen LogP contribution in [0.5, 0.6) is 0 Å². The third-order valence-electron chi connectivity index (χ3n) is 6.76. The minimum atomic E-state index is -1.69. The summed E-state index contributed by atoms with van der Waals surface area (Å²) in [5.41, 5.74) is 3.36. The van der Waals surface area contributed by atoms with E-state index in [-0.39, 0.29) is 11.9 Å². The number of alkyl halides is 2. The zero-order valence-electron chi connectivity index (χ0n) is 19.2. The molecule has 1 nitrogen and oxygen atoms in total. The highest BCUT2D eigenvalue weighted by Crippen LogP contribution is 2.36. The van der Waals surface area contributed by atoms with Gasteiger partial charge in [-0.15, -0.1) is 0 Å². The van der Waals surface area contributed by atoms with Gasteiger partial charge in [0.2, 0.25) is 0 Å². The molecule has 0 radical (unpaired) electrons. The van der Waals surface area contributed by atoms with Crippen LogP contribution in [0.25, 0.3) is 16.7 Å². The molecule has 0 N–H and O–H groups in total. The Hall–Kier alpha value is -2.59. The Morgan fingerprint density at radius 2 is 1.73 bits per heavy atom. The normalized spacial score (nSPS) is 25.7. The Balaban J connectivity index is 1.44. The molecule has 4 unspecified atom stereocenters. The predicted octanol–water partition coefficient (Wildman–Crippen LogP) is 8.34. The number of rotatable bonds is 6. The Kier molecular flexibility index (Phi) is 7.54. The number of halogens is 3. The average Bonchev–Trinajstić information content (AvgIpc) is 2.83. The highest BCUT2D eigenvalue weighted by atomic mass is 19.2. The number of hydrogen-bond donors (Lipinski definition) is 0. The first-order valence-electron chi connectivity index (χ1n) is 11.8. The minimum Gasteiger partial charge on any atom is -0.373 e. The third kappa shape index (κ3) is 5.33. The summed E-state index contributed by atoms with van der Waals surface area (Å²) in [7, 11) is 0. The van der Waals surface area contributed by atoms with Gasteiger partial charge in [-0.3, -0.25) is 0 Å². The largest absolute Gasteiger partial charge is 0.373 e. The van der Waals surface area contributed by atoms with Gasteiger partial charge in [0.05, 0.1) is 12.7 Å². The fourth-order valence-electron chi connectivity index (χ4n) is 4.65. The van der Waals surface area contributed by atoms with Gasteiger partial charge in [0.15, 0.2) is 12.3 Å². The summed E-state index contributed by atoms with van der Waals surface area (Å²) in [6.07, 6.45) is 8.30. The second-order valence-electron chi connectivity index (χ2n) is 9.06. The first kappa shape index (κ1) is 23.6. The summed E-state index contributed by atoms with van der Waals surface area (Å²) >= 11 is 0. The Labute approximate surface area is 194 Å². The van der Waals surface area contributed by atoms with Crippen LogP contribution < -0.4 is 0 Å². The van der Waals surface area contributed by atoms with Crippen molar-refractivity contribution >= 4 is 5.57 Å². The van der Waals surface area contributed by atoms with Gasteiger partial charge in [0.25, 0.3) is 0 Å². The van der Waals surface area contributed by atoms with E-state index in [0.717, 1.165) is 31.2 Å². The molecule has 4 atom stereocenters. The van der Waals surface area contributed by atoms with E-state index in [0.29, 0.717) is 40.4 Å². The van der Waals surface area contributed by atoms with E-state index in [1.165, 1.54) is 0 Å². The smallest absolute Gasteiger partial charge is 0.161 e. The van der Waals surface area contributed by atoms with E-state index in [9.17, 15) is 13.2 Å². The van der Waals surface area contributed by atoms with Crippen molar-refractivity contribution in [3.63, 3.8) is 0 Å². The van der Waals surface area contributed by atoms with Crippen molar-refractivity contribution in [2.75, 3.05) is 6.61 Å². The van der Waals surface area contributed by atoms with Crippen molar-refractivity contribution in [3.05, 3.63) is 89.3 Å². The maximum atomic E-state index is 15.0. The number of ether oxygens (including phenoxy) is 1. The highest BCUT2D eigenvalue weighted by molar-refractivity contribution is 5.75. The number of allylic oxidation sites excluding steroid dienone is 6. The van der Waals surface area contributed by atoms with Crippen molar-refractivity contribution in [2.45, 2.75) is 58.0 Å². The second-order valence-corrected chi connectivity index (χ2v) is 9.06. The quantitative estimate of drug-likeness (QED) is 0.400. The molecular formula is C29H31F3O. The molecule has 0 bridgehead atoms. The first-order valence-corrected chi connectivity index (χ1v) is 11.8. The fourth-order valence-corrected chi connectivity index (χ4v) is 4.65. The molecule has 1 saturated heterocycles. The van der Waals surface area contributed by atoms with Gasteiger partial charge in [-0.25, -0.2) is 13.2 Å². The standard InChI is InChI=1S/C29H31F3O/c1-3-4-5-6-20-8-16-27(33-18-20)23-13-15-24(26(30)17-23)21-9-11-22(12-10-21)25-14-7-19(2)28(31)29(25)32/h3-4,7,9-15,17,20,27-29H,5-6,8,16,18H2,1-2H3/b4-3+. The summed E-state index contributed by atoms with van der Waals surface area (Å²) < 4.78 is 49.5. The van der Waals surface area contributed by atoms with Gasteiger partial charge in [-0.2, -0.15) is 0 Å². The van der Waals surface area contributed by atoms with Crippen molar-refractivity contribution in [1.82, 2.24) is 0 Å². The van der Waals surface area contributed by atoms with Crippen molar-refractivity contribution in [2.24, 2.45) is 5.92 Å². The lowest BCUT2D eigenvalue weighted by Crippen LogP contribution is -2.22. The van der Waals surface area contributed by atoms with E-state index < -0.39 is 12.3 Å². The Bertz CT molecular complexity index is 1040. The molecule has 33 heavy (non-hydrogen) atoms. The maximum absolute atomic E-state index is 15.0. The van der Waals surface area contributed by atoms with E-state index in [1.807, 2.05) is 13.0 Å². The monoisotopic (exact) mass is 452 g/mol. The molecule has 0 saturated carbocycles. The molecule has 2 aromatic rings. The number of hydrogen-bond acceptors (Lipinski definition) is 1. The summed E-state index contributed by atoms with van der Waals surface area (Å²) in [4.78, 5) is 0. The van der Waals surface area contributed by atoms with E-state index >= 15 is 0 Å². The zero-order valence-corrected chi connectivity index (χ0v) is 19.2. The van der Waals surface area contributed by atoms with Crippen LogP contribution in [0.2, 0.25) is 0 Å². The van der Waals surface area contributed by atoms with Gasteiger partial charge >= 0.3 is 0 Å². The van der Waals surface area contributed by atoms with Gasteiger partial charge in [0.1, 0.15) is 5.82 Å². The molecule has 1 heterocycles. The van der Waals surface area contributed by atoms with Crippen LogP contribution >= 0.6 is 0 Å². The molecule has 0 aromatic heterocycles. The number of benzene rings is 2. The van der Waals surface area contributed by atoms with E-state index in [4.69, 9.17) is 4.74 Å². The van der Waals surface area contributed by atoms with Crippen LogP contribution in [-0.4, -0.2) is 19.0 Å². The van der Waals surface area contributed by atoms with Crippen molar-refractivity contribution in [3.8, 4) is 11.1 Å². The molecule has 2 aliphatic rings. The Morgan fingerprint density at radius 1 is 0.970 bits per heavy atom. The topological polar surface area (TPSA) is 9.23 Å². The molecule has 4 heteroatoms. The maximum Gasteiger partial charge on any atom is 0.161 e. The van der Waals surface area contributed by atoms with Crippen LogP contribution in [0.1, 0.15) is 56.8 Å². The van der Waals surface area contributed by atoms with Crippen molar-refractivity contribution in [1.29, 1.82) is 0 Å². The highest BCUT2D eigenvalue weighted by Gasteiger charge is 2.29. The van der Waals surface area contributed by atoms with Crippen LogP contribution in [0.15, 0.2) is 72.3 Å². The lowest BCUT2D eigenvalue weighted by molar-refractivity contribution is -0.0191. The SMILES string of the molecule is C/C=C/CCC1CCC(c2ccc(-c3ccc(C4=CC=C(C)C(F)C4F)cc3)c(F)c2)OC1. The Morgan fingerprint density at radius 3 is 2.39 bits per heavy atom. The molecular weight excluding hydrogens is 421 g/mol. The lowest BCUT2D eigenvalue weighted by Gasteiger charge is -2.29. The third-order valence-corrected chi connectivity index (χ3v) is 6.76. The van der Waals surface area contributed by atoms with Crippen LogP contribution in [0.4, 0.5) is 13.2 Å². The summed E-state index contributed by atoms with van der Waals surface area (Å²) in [6.45, 7) is 4.33. The lowest BCUT2D eigenvalue weighted by atomic mass is 9.89. The molecule has 174 valence electrons. The fraction of sp³-hybridized carbons (Fsp3) is 0.379. The molecule has 1 aliphatic heterocycles. The zero-order chi connectivity index (χ0) is 23.4. The van der Waals surface area contributed by atoms with Gasteiger partial charge in [-0.05, 0) is 79.4 Å². The summed E-state index contributed by atoms with van der Waals surface area (Å²) in [5.74, 6) is 0.261. The first-order chi connectivity index (χ1) is 16.0. The van der Waals surface area contributed by atoms with Crippen LogP contribution in [-0.2, 0) is 4.74 Å². The average molecular weight is 453 g/mol.